The number of carbonyl (C=O) groups is 1. The molecule has 0 radical (unpaired) electrons. The van der Waals surface area contributed by atoms with Gasteiger partial charge in [-0.05, 0) is 31.0 Å². The Kier molecular flexibility index (Phi) is 6.01. The first-order valence-corrected chi connectivity index (χ1v) is 8.90. The molecule has 1 saturated heterocycles. The molecule has 0 bridgehead atoms. The number of ether oxygens (including phenoxy) is 1. The Morgan fingerprint density at radius 1 is 1.16 bits per heavy atom. The number of nitrogens with zero attached hydrogens (tertiary/aromatic N) is 3. The van der Waals surface area contributed by atoms with Gasteiger partial charge in [0, 0.05) is 32.4 Å². The van der Waals surface area contributed by atoms with Gasteiger partial charge in [-0.3, -0.25) is 4.79 Å². The fourth-order valence-electron chi connectivity index (χ4n) is 3.07. The average Bonchev–Trinajstić information content (AvgIpc) is 2.70. The van der Waals surface area contributed by atoms with Gasteiger partial charge in [0.15, 0.2) is 0 Å². The minimum Gasteiger partial charge on any atom is -0.378 e. The van der Waals surface area contributed by atoms with E-state index in [1.807, 2.05) is 42.2 Å². The average molecular weight is 339 g/mol. The van der Waals surface area contributed by atoms with E-state index in [2.05, 4.69) is 22.0 Å². The number of morpholine rings is 1. The first-order chi connectivity index (χ1) is 12.3. The summed E-state index contributed by atoms with van der Waals surface area (Å²) < 4.78 is 5.41. The van der Waals surface area contributed by atoms with Gasteiger partial charge in [-0.1, -0.05) is 30.3 Å². The van der Waals surface area contributed by atoms with Crippen molar-refractivity contribution in [1.29, 1.82) is 0 Å². The van der Waals surface area contributed by atoms with Crippen LogP contribution in [0.3, 0.4) is 0 Å². The first kappa shape index (κ1) is 17.4. The van der Waals surface area contributed by atoms with Crippen LogP contribution in [0.4, 0.5) is 5.82 Å². The van der Waals surface area contributed by atoms with Crippen molar-refractivity contribution in [3.05, 3.63) is 59.8 Å². The van der Waals surface area contributed by atoms with Crippen LogP contribution in [0.1, 0.15) is 22.8 Å². The lowest BCUT2D eigenvalue weighted by atomic mass is 10.1. The van der Waals surface area contributed by atoms with Crippen molar-refractivity contribution < 1.29 is 9.53 Å². The van der Waals surface area contributed by atoms with E-state index < -0.39 is 0 Å². The van der Waals surface area contributed by atoms with Crippen molar-refractivity contribution >= 4 is 11.7 Å². The Hall–Kier alpha value is -2.40. The largest absolute Gasteiger partial charge is 0.378 e. The van der Waals surface area contributed by atoms with Crippen LogP contribution in [0, 0.1) is 0 Å². The third kappa shape index (κ3) is 4.37. The smallest absolute Gasteiger partial charge is 0.257 e. The zero-order chi connectivity index (χ0) is 17.5. The van der Waals surface area contributed by atoms with E-state index >= 15 is 0 Å². The normalized spacial score (nSPS) is 14.4. The van der Waals surface area contributed by atoms with Crippen LogP contribution >= 0.6 is 0 Å². The third-order valence-electron chi connectivity index (χ3n) is 4.51. The Labute approximate surface area is 149 Å². The fourth-order valence-corrected chi connectivity index (χ4v) is 3.07. The standard InChI is InChI=1S/C20H25N3O2/c1-2-22(12-10-17-7-4-3-5-8-17)20(24)18-9-6-11-21-19(18)23-13-15-25-16-14-23/h3-9,11H,2,10,12-16H2,1H3. The Bertz CT molecular complexity index is 684. The minimum atomic E-state index is 0.0491. The van der Waals surface area contributed by atoms with E-state index in [1.165, 1.54) is 5.56 Å². The molecular formula is C20H25N3O2. The molecule has 2 aromatic rings. The number of pyridine rings is 1. The minimum absolute atomic E-state index is 0.0491. The van der Waals surface area contributed by atoms with E-state index in [0.717, 1.165) is 25.3 Å². The van der Waals surface area contributed by atoms with Crippen molar-refractivity contribution in [2.45, 2.75) is 13.3 Å². The van der Waals surface area contributed by atoms with Crippen LogP contribution in [0.15, 0.2) is 48.7 Å². The molecule has 1 aliphatic heterocycles. The van der Waals surface area contributed by atoms with E-state index in [-0.39, 0.29) is 5.91 Å². The number of amides is 1. The van der Waals surface area contributed by atoms with E-state index in [9.17, 15) is 4.79 Å². The van der Waals surface area contributed by atoms with E-state index in [0.29, 0.717) is 31.9 Å². The van der Waals surface area contributed by atoms with Gasteiger partial charge in [0.1, 0.15) is 5.82 Å². The molecule has 1 aromatic carbocycles. The summed E-state index contributed by atoms with van der Waals surface area (Å²) in [6.07, 6.45) is 2.61. The summed E-state index contributed by atoms with van der Waals surface area (Å²) in [5, 5.41) is 0. The topological polar surface area (TPSA) is 45.7 Å². The molecule has 0 aliphatic carbocycles. The highest BCUT2D eigenvalue weighted by Crippen LogP contribution is 2.20. The number of likely N-dealkylation sites (N-methyl/N-ethyl adjacent to an activating group) is 1. The van der Waals surface area contributed by atoms with Crippen molar-refractivity contribution in [1.82, 2.24) is 9.88 Å². The highest BCUT2D eigenvalue weighted by molar-refractivity contribution is 5.98. The number of carbonyl (C=O) groups excluding carboxylic acids is 1. The maximum absolute atomic E-state index is 13.1. The molecule has 0 atom stereocenters. The van der Waals surface area contributed by atoms with Gasteiger partial charge >= 0.3 is 0 Å². The van der Waals surface area contributed by atoms with Crippen LogP contribution in [0.25, 0.3) is 0 Å². The van der Waals surface area contributed by atoms with Gasteiger partial charge in [0.05, 0.1) is 18.8 Å². The molecule has 1 aliphatic rings. The van der Waals surface area contributed by atoms with Gasteiger partial charge < -0.3 is 14.5 Å². The molecule has 0 N–H and O–H groups in total. The summed E-state index contributed by atoms with van der Waals surface area (Å²) in [5.41, 5.74) is 1.92. The molecule has 25 heavy (non-hydrogen) atoms. The Balaban J connectivity index is 1.74. The molecule has 0 spiro atoms. The molecular weight excluding hydrogens is 314 g/mol. The zero-order valence-corrected chi connectivity index (χ0v) is 14.7. The summed E-state index contributed by atoms with van der Waals surface area (Å²) >= 11 is 0. The monoisotopic (exact) mass is 339 g/mol. The van der Waals surface area contributed by atoms with Crippen LogP contribution in [-0.4, -0.2) is 55.2 Å². The van der Waals surface area contributed by atoms with Crippen molar-refractivity contribution in [3.8, 4) is 0 Å². The maximum atomic E-state index is 13.1. The quantitative estimate of drug-likeness (QED) is 0.812. The second-order valence-electron chi connectivity index (χ2n) is 6.09. The molecule has 0 saturated carbocycles. The van der Waals surface area contributed by atoms with Crippen LogP contribution < -0.4 is 4.90 Å². The van der Waals surface area contributed by atoms with Crippen molar-refractivity contribution in [3.63, 3.8) is 0 Å². The van der Waals surface area contributed by atoms with E-state index in [4.69, 9.17) is 4.74 Å². The predicted octanol–water partition coefficient (Wildman–Crippen LogP) is 2.62. The summed E-state index contributed by atoms with van der Waals surface area (Å²) in [7, 11) is 0. The first-order valence-electron chi connectivity index (χ1n) is 8.90. The second kappa shape index (κ2) is 8.62. The highest BCUT2D eigenvalue weighted by Gasteiger charge is 2.22. The molecule has 1 amide bonds. The van der Waals surface area contributed by atoms with Crippen molar-refractivity contribution in [2.24, 2.45) is 0 Å². The lowest BCUT2D eigenvalue weighted by Crippen LogP contribution is -2.39. The number of hydrogen-bond acceptors (Lipinski definition) is 4. The van der Waals surface area contributed by atoms with Gasteiger partial charge in [-0.15, -0.1) is 0 Å². The summed E-state index contributed by atoms with van der Waals surface area (Å²) in [6.45, 7) is 6.31. The fraction of sp³-hybridized carbons (Fsp3) is 0.400. The number of aromatic nitrogens is 1. The molecule has 5 nitrogen and oxygen atoms in total. The van der Waals surface area contributed by atoms with E-state index in [1.54, 1.807) is 6.20 Å². The number of hydrogen-bond donors (Lipinski definition) is 0. The van der Waals surface area contributed by atoms with Crippen LogP contribution in [0.2, 0.25) is 0 Å². The summed E-state index contributed by atoms with van der Waals surface area (Å²) in [6, 6.07) is 14.0. The number of benzene rings is 1. The molecule has 0 unspecified atom stereocenters. The van der Waals surface area contributed by atoms with Gasteiger partial charge in [-0.2, -0.15) is 0 Å². The summed E-state index contributed by atoms with van der Waals surface area (Å²) in [5.74, 6) is 0.821. The maximum Gasteiger partial charge on any atom is 0.257 e. The molecule has 132 valence electrons. The summed E-state index contributed by atoms with van der Waals surface area (Å²) in [4.78, 5) is 21.6. The van der Waals surface area contributed by atoms with Gasteiger partial charge in [0.2, 0.25) is 0 Å². The zero-order valence-electron chi connectivity index (χ0n) is 14.7. The Morgan fingerprint density at radius 3 is 2.64 bits per heavy atom. The van der Waals surface area contributed by atoms with Crippen LogP contribution in [0.5, 0.6) is 0 Å². The molecule has 1 aromatic heterocycles. The Morgan fingerprint density at radius 2 is 1.92 bits per heavy atom. The highest BCUT2D eigenvalue weighted by atomic mass is 16.5. The lowest BCUT2D eigenvalue weighted by Gasteiger charge is -2.30. The molecule has 2 heterocycles. The lowest BCUT2D eigenvalue weighted by molar-refractivity contribution is 0.0765. The molecule has 3 rings (SSSR count). The molecule has 1 fully saturated rings. The number of rotatable bonds is 6. The second-order valence-corrected chi connectivity index (χ2v) is 6.09. The SMILES string of the molecule is CCN(CCc1ccccc1)C(=O)c1cccnc1N1CCOCC1. The van der Waals surface area contributed by atoms with Gasteiger partial charge in [-0.25, -0.2) is 4.98 Å². The predicted molar refractivity (Wildman–Crippen MR) is 99.0 cm³/mol. The third-order valence-corrected chi connectivity index (χ3v) is 4.51. The van der Waals surface area contributed by atoms with Crippen molar-refractivity contribution in [2.75, 3.05) is 44.3 Å². The molecule has 5 heteroatoms. The van der Waals surface area contributed by atoms with Gasteiger partial charge in [0.25, 0.3) is 5.91 Å². The number of anilines is 1. The van der Waals surface area contributed by atoms with Crippen LogP contribution in [-0.2, 0) is 11.2 Å².